The highest BCUT2D eigenvalue weighted by atomic mass is 127. The van der Waals surface area contributed by atoms with Crippen molar-refractivity contribution in [1.29, 1.82) is 0 Å². The lowest BCUT2D eigenvalue weighted by atomic mass is 10.1. The number of sulfonamides is 1. The van der Waals surface area contributed by atoms with Crippen molar-refractivity contribution < 1.29 is 18.3 Å². The second-order valence-electron chi connectivity index (χ2n) is 5.73. The van der Waals surface area contributed by atoms with Gasteiger partial charge in [0.1, 0.15) is 6.04 Å². The average Bonchev–Trinajstić information content (AvgIpc) is 2.50. The third kappa shape index (κ3) is 8.84. The maximum atomic E-state index is 12.1. The van der Waals surface area contributed by atoms with Gasteiger partial charge in [0.15, 0.2) is 0 Å². The van der Waals surface area contributed by atoms with Crippen LogP contribution in [0.3, 0.4) is 0 Å². The van der Waals surface area contributed by atoms with E-state index in [1.54, 1.807) is 24.3 Å². The second-order valence-corrected chi connectivity index (χ2v) is 8.65. The van der Waals surface area contributed by atoms with Gasteiger partial charge in [0.05, 0.1) is 5.75 Å². The van der Waals surface area contributed by atoms with Gasteiger partial charge in [-0.05, 0) is 41.4 Å². The lowest BCUT2D eigenvalue weighted by molar-refractivity contribution is -0.138. The molecule has 1 atom stereocenters. The Bertz CT molecular complexity index is 622. The predicted octanol–water partition coefficient (Wildman–Crippen LogP) is 2.77. The molecule has 0 aromatic heterocycles. The van der Waals surface area contributed by atoms with Gasteiger partial charge in [-0.3, -0.25) is 9.52 Å². The Morgan fingerprint density at radius 2 is 1.88 bits per heavy atom. The Balaban J connectivity index is 2.50. The van der Waals surface area contributed by atoms with Crippen molar-refractivity contribution in [2.75, 3.05) is 14.9 Å². The zero-order valence-corrected chi connectivity index (χ0v) is 16.6. The quantitative estimate of drug-likeness (QED) is 0.248. The summed E-state index contributed by atoms with van der Waals surface area (Å²) in [6, 6.07) is 5.69. The predicted molar refractivity (Wildman–Crippen MR) is 105 cm³/mol. The number of carboxylic acids is 1. The molecule has 1 rings (SSSR count). The minimum absolute atomic E-state index is 0.0934. The highest BCUT2D eigenvalue weighted by Gasteiger charge is 2.14. The van der Waals surface area contributed by atoms with Crippen molar-refractivity contribution in [3.63, 3.8) is 0 Å². The molecule has 24 heavy (non-hydrogen) atoms. The van der Waals surface area contributed by atoms with E-state index in [-0.39, 0.29) is 12.2 Å². The number of aliphatic carboxylic acids is 1. The monoisotopic (exact) mass is 468 g/mol. The number of alkyl halides is 1. The Hall–Kier alpha value is -0.870. The number of hydrogen-bond donors (Lipinski definition) is 3. The van der Waals surface area contributed by atoms with E-state index in [0.29, 0.717) is 17.7 Å². The van der Waals surface area contributed by atoms with Gasteiger partial charge >= 0.3 is 5.97 Å². The second kappa shape index (κ2) is 10.9. The topological polar surface area (TPSA) is 109 Å². The number of carboxylic acid groups (broad SMARTS) is 1. The molecule has 0 radical (unpaired) electrons. The van der Waals surface area contributed by atoms with Crippen molar-refractivity contribution in [2.45, 2.75) is 44.6 Å². The highest BCUT2D eigenvalue weighted by Crippen LogP contribution is 2.15. The van der Waals surface area contributed by atoms with Crippen LogP contribution in [0.4, 0.5) is 5.69 Å². The number of nitrogens with one attached hydrogen (secondary N) is 1. The molecule has 0 fully saturated rings. The molecule has 0 amide bonds. The number of rotatable bonds is 12. The summed E-state index contributed by atoms with van der Waals surface area (Å²) >= 11 is 2.34. The van der Waals surface area contributed by atoms with Crippen molar-refractivity contribution in [3.8, 4) is 0 Å². The molecule has 0 aliphatic carbocycles. The molecule has 0 spiro atoms. The number of hydrogen-bond acceptors (Lipinski definition) is 4. The van der Waals surface area contributed by atoms with Gasteiger partial charge in [0.25, 0.3) is 0 Å². The summed E-state index contributed by atoms with van der Waals surface area (Å²) < 4.78 is 27.9. The first kappa shape index (κ1) is 21.2. The van der Waals surface area contributed by atoms with Gasteiger partial charge < -0.3 is 10.8 Å². The normalized spacial score (nSPS) is 12.8. The summed E-state index contributed by atoms with van der Waals surface area (Å²) in [5.74, 6) is -0.987. The molecule has 1 aromatic rings. The van der Waals surface area contributed by atoms with Crippen LogP contribution in [0.5, 0.6) is 0 Å². The molecule has 0 bridgehead atoms. The van der Waals surface area contributed by atoms with Crippen LogP contribution < -0.4 is 10.5 Å². The third-order valence-electron chi connectivity index (χ3n) is 3.52. The average molecular weight is 468 g/mol. The number of halogens is 1. The molecule has 1 aromatic carbocycles. The number of anilines is 1. The van der Waals surface area contributed by atoms with E-state index >= 15 is 0 Å². The number of benzene rings is 1. The molecule has 4 N–H and O–H groups in total. The third-order valence-corrected chi connectivity index (χ3v) is 5.66. The fourth-order valence-electron chi connectivity index (χ4n) is 2.25. The fraction of sp³-hybridized carbons (Fsp3) is 0.562. The smallest absolute Gasteiger partial charge is 0.320 e. The molecule has 136 valence electrons. The summed E-state index contributed by atoms with van der Waals surface area (Å²) in [6.45, 7) is 0. The molecule has 0 aliphatic rings. The Morgan fingerprint density at radius 1 is 1.21 bits per heavy atom. The van der Waals surface area contributed by atoms with Gasteiger partial charge in [0, 0.05) is 5.69 Å². The molecular weight excluding hydrogens is 443 g/mol. The van der Waals surface area contributed by atoms with Crippen LogP contribution in [0.15, 0.2) is 24.3 Å². The molecule has 8 heteroatoms. The van der Waals surface area contributed by atoms with Crippen LogP contribution in [0.25, 0.3) is 0 Å². The van der Waals surface area contributed by atoms with E-state index in [0.717, 1.165) is 23.7 Å². The van der Waals surface area contributed by atoms with E-state index in [1.165, 1.54) is 6.42 Å². The molecular formula is C16H25IN2O4S. The van der Waals surface area contributed by atoms with E-state index in [4.69, 9.17) is 10.8 Å². The molecule has 0 saturated carbocycles. The Morgan fingerprint density at radius 3 is 2.54 bits per heavy atom. The van der Waals surface area contributed by atoms with Crippen LogP contribution in [0.1, 0.15) is 37.7 Å². The SMILES string of the molecule is N[C@@H](Cc1cccc(NS(=O)(=O)CCCCCCCI)c1)C(=O)O. The summed E-state index contributed by atoms with van der Waals surface area (Å²) in [6.07, 6.45) is 5.08. The minimum atomic E-state index is -3.39. The summed E-state index contributed by atoms with van der Waals surface area (Å²) in [4.78, 5) is 10.8. The molecule has 0 heterocycles. The van der Waals surface area contributed by atoms with Gasteiger partial charge in [-0.2, -0.15) is 0 Å². The number of nitrogens with two attached hydrogens (primary N) is 1. The molecule has 0 saturated heterocycles. The van der Waals surface area contributed by atoms with Crippen molar-refractivity contribution in [3.05, 3.63) is 29.8 Å². The zero-order valence-electron chi connectivity index (χ0n) is 13.6. The van der Waals surface area contributed by atoms with Gasteiger partial charge in [0.2, 0.25) is 10.0 Å². The lowest BCUT2D eigenvalue weighted by Gasteiger charge is -2.11. The van der Waals surface area contributed by atoms with E-state index < -0.39 is 22.0 Å². The maximum absolute atomic E-state index is 12.1. The van der Waals surface area contributed by atoms with Crippen molar-refractivity contribution in [1.82, 2.24) is 0 Å². The van der Waals surface area contributed by atoms with Crippen LogP contribution >= 0.6 is 22.6 Å². The molecule has 0 aliphatic heterocycles. The Labute approximate surface area is 157 Å². The van der Waals surface area contributed by atoms with Crippen LogP contribution in [-0.4, -0.2) is 35.7 Å². The van der Waals surface area contributed by atoms with Gasteiger partial charge in [-0.15, -0.1) is 0 Å². The zero-order chi connectivity index (χ0) is 18.0. The first-order valence-electron chi connectivity index (χ1n) is 7.98. The van der Waals surface area contributed by atoms with Crippen molar-refractivity contribution >= 4 is 44.3 Å². The Kier molecular flexibility index (Phi) is 9.60. The van der Waals surface area contributed by atoms with Gasteiger partial charge in [-0.25, -0.2) is 8.42 Å². The first-order chi connectivity index (χ1) is 11.3. The summed E-state index contributed by atoms with van der Waals surface area (Å²) in [5.41, 5.74) is 6.63. The lowest BCUT2D eigenvalue weighted by Crippen LogP contribution is -2.32. The van der Waals surface area contributed by atoms with Crippen LogP contribution in [-0.2, 0) is 21.2 Å². The van der Waals surface area contributed by atoms with Crippen LogP contribution in [0.2, 0.25) is 0 Å². The number of carbonyl (C=O) groups is 1. The van der Waals surface area contributed by atoms with Crippen LogP contribution in [0, 0.1) is 0 Å². The van der Waals surface area contributed by atoms with E-state index in [2.05, 4.69) is 27.3 Å². The van der Waals surface area contributed by atoms with E-state index in [1.807, 2.05) is 0 Å². The molecule has 6 nitrogen and oxygen atoms in total. The maximum Gasteiger partial charge on any atom is 0.320 e. The van der Waals surface area contributed by atoms with Crippen molar-refractivity contribution in [2.24, 2.45) is 5.73 Å². The number of unbranched alkanes of at least 4 members (excludes halogenated alkanes) is 4. The largest absolute Gasteiger partial charge is 0.480 e. The summed E-state index contributed by atoms with van der Waals surface area (Å²) in [7, 11) is -3.39. The first-order valence-corrected chi connectivity index (χ1v) is 11.2. The fourth-order valence-corrected chi connectivity index (χ4v) is 3.96. The highest BCUT2D eigenvalue weighted by molar-refractivity contribution is 14.1. The van der Waals surface area contributed by atoms with Gasteiger partial charge in [-0.1, -0.05) is 54.0 Å². The standard InChI is InChI=1S/C16H25IN2O4S/c17-9-4-2-1-3-5-10-24(22,23)19-14-8-6-7-13(11-14)12-15(18)16(20)21/h6-8,11,15,19H,1-5,9-10,12,18H2,(H,20,21)/t15-/m0/s1. The molecule has 0 unspecified atom stereocenters. The summed E-state index contributed by atoms with van der Waals surface area (Å²) in [5, 5.41) is 8.84. The minimum Gasteiger partial charge on any atom is -0.480 e. The van der Waals surface area contributed by atoms with E-state index in [9.17, 15) is 13.2 Å².